The molecular formula is C20H17FNO. The molecular weight excluding hydrogens is 289 g/mol. The van der Waals surface area contributed by atoms with Crippen LogP contribution < -0.4 is 9.90 Å². The molecule has 2 nitrogen and oxygen atoms in total. The van der Waals surface area contributed by atoms with Crippen LogP contribution in [-0.2, 0) is 6.54 Å². The number of nitrogens with zero attached hydrogens (tertiary/aromatic N) is 1. The normalized spacial score (nSPS) is 10.3. The maximum Gasteiger partial charge on any atom is 0.155 e. The van der Waals surface area contributed by atoms with Gasteiger partial charge in [0.1, 0.15) is 5.82 Å². The van der Waals surface area contributed by atoms with Crippen molar-refractivity contribution in [1.82, 2.24) is 0 Å². The molecule has 23 heavy (non-hydrogen) atoms. The van der Waals surface area contributed by atoms with E-state index in [1.54, 1.807) is 17.2 Å². The Labute approximate surface area is 135 Å². The summed E-state index contributed by atoms with van der Waals surface area (Å²) in [6, 6.07) is 23.8. The van der Waals surface area contributed by atoms with E-state index in [-0.39, 0.29) is 5.82 Å². The third-order valence-electron chi connectivity index (χ3n) is 3.40. The van der Waals surface area contributed by atoms with E-state index in [0.29, 0.717) is 12.3 Å². The van der Waals surface area contributed by atoms with Gasteiger partial charge in [0, 0.05) is 0 Å². The van der Waals surface area contributed by atoms with Crippen molar-refractivity contribution in [2.75, 3.05) is 5.06 Å². The summed E-state index contributed by atoms with van der Waals surface area (Å²) in [5, 5.41) is 1.78. The average molecular weight is 306 g/mol. The van der Waals surface area contributed by atoms with Gasteiger partial charge in [-0.05, 0) is 54.4 Å². The van der Waals surface area contributed by atoms with Gasteiger partial charge in [-0.1, -0.05) is 42.5 Å². The highest BCUT2D eigenvalue weighted by Gasteiger charge is 2.10. The Bertz CT molecular complexity index is 756. The first kappa shape index (κ1) is 15.1. The van der Waals surface area contributed by atoms with Gasteiger partial charge in [-0.25, -0.2) is 9.45 Å². The molecule has 0 spiro atoms. The van der Waals surface area contributed by atoms with Gasteiger partial charge in [-0.2, -0.15) is 0 Å². The largest absolute Gasteiger partial charge is 0.379 e. The van der Waals surface area contributed by atoms with E-state index in [0.717, 1.165) is 16.8 Å². The molecule has 3 heteroatoms. The van der Waals surface area contributed by atoms with E-state index in [4.69, 9.17) is 4.84 Å². The van der Waals surface area contributed by atoms with Gasteiger partial charge in [0.15, 0.2) is 5.75 Å². The first-order chi connectivity index (χ1) is 11.2. The molecule has 0 aliphatic rings. The lowest BCUT2D eigenvalue weighted by molar-refractivity contribution is 0.274. The fraction of sp³-hybridized carbons (Fsp3) is 0.0500. The van der Waals surface area contributed by atoms with Gasteiger partial charge >= 0.3 is 0 Å². The van der Waals surface area contributed by atoms with Gasteiger partial charge in [-0.15, -0.1) is 0 Å². The molecule has 0 amide bonds. The minimum Gasteiger partial charge on any atom is -0.379 e. The van der Waals surface area contributed by atoms with Crippen LogP contribution in [0.1, 0.15) is 11.1 Å². The van der Waals surface area contributed by atoms with Crippen LogP contribution in [0.3, 0.4) is 0 Å². The zero-order valence-corrected chi connectivity index (χ0v) is 12.7. The van der Waals surface area contributed by atoms with Crippen molar-refractivity contribution >= 4 is 5.69 Å². The molecule has 1 radical (unpaired) electrons. The lowest BCUT2D eigenvalue weighted by Crippen LogP contribution is -2.26. The Morgan fingerprint density at radius 2 is 1.61 bits per heavy atom. The Kier molecular flexibility index (Phi) is 4.57. The third-order valence-corrected chi connectivity index (χ3v) is 3.40. The summed E-state index contributed by atoms with van der Waals surface area (Å²) < 4.78 is 13.1. The minimum atomic E-state index is -0.285. The van der Waals surface area contributed by atoms with Crippen LogP contribution in [0.25, 0.3) is 0 Å². The third kappa shape index (κ3) is 4.10. The summed E-state index contributed by atoms with van der Waals surface area (Å²) in [5.41, 5.74) is 2.91. The molecule has 0 fully saturated rings. The van der Waals surface area contributed by atoms with Crippen LogP contribution >= 0.6 is 0 Å². The monoisotopic (exact) mass is 306 g/mol. The molecule has 115 valence electrons. The van der Waals surface area contributed by atoms with Gasteiger partial charge in [0.05, 0.1) is 12.2 Å². The molecule has 0 heterocycles. The Hall–Kier alpha value is -2.81. The number of rotatable bonds is 5. The molecule has 0 atom stereocenters. The summed E-state index contributed by atoms with van der Waals surface area (Å²) in [6.45, 7) is 4.53. The molecule has 0 aliphatic carbocycles. The van der Waals surface area contributed by atoms with Crippen molar-refractivity contribution < 1.29 is 9.23 Å². The maximum absolute atomic E-state index is 13.1. The van der Waals surface area contributed by atoms with E-state index in [9.17, 15) is 4.39 Å². The van der Waals surface area contributed by atoms with E-state index in [1.807, 2.05) is 54.6 Å². The molecule has 0 unspecified atom stereocenters. The number of hydroxylamine groups is 1. The Morgan fingerprint density at radius 1 is 0.870 bits per heavy atom. The van der Waals surface area contributed by atoms with Crippen molar-refractivity contribution in [3.05, 3.63) is 103 Å². The molecule has 3 rings (SSSR count). The quantitative estimate of drug-likeness (QED) is 0.614. The summed E-state index contributed by atoms with van der Waals surface area (Å²) in [5.74, 6) is 0.295. The highest BCUT2D eigenvalue weighted by molar-refractivity contribution is 5.48. The van der Waals surface area contributed by atoms with Crippen molar-refractivity contribution in [3.8, 4) is 5.75 Å². The van der Waals surface area contributed by atoms with E-state index in [1.165, 1.54) is 12.1 Å². The number of anilines is 1. The number of hydrogen-bond acceptors (Lipinski definition) is 2. The van der Waals surface area contributed by atoms with Gasteiger partial charge in [0.25, 0.3) is 0 Å². The van der Waals surface area contributed by atoms with Crippen LogP contribution in [0.15, 0.2) is 78.9 Å². The highest BCUT2D eigenvalue weighted by atomic mass is 19.1. The highest BCUT2D eigenvalue weighted by Crippen LogP contribution is 2.22. The summed E-state index contributed by atoms with van der Waals surface area (Å²) >= 11 is 0. The lowest BCUT2D eigenvalue weighted by atomic mass is 10.2. The molecule has 0 aromatic heterocycles. The molecule has 0 bridgehead atoms. The second-order valence-electron chi connectivity index (χ2n) is 5.24. The first-order valence-corrected chi connectivity index (χ1v) is 7.38. The Morgan fingerprint density at radius 3 is 2.30 bits per heavy atom. The van der Waals surface area contributed by atoms with Crippen molar-refractivity contribution in [3.63, 3.8) is 0 Å². The van der Waals surface area contributed by atoms with Crippen LogP contribution in [-0.4, -0.2) is 0 Å². The lowest BCUT2D eigenvalue weighted by Gasteiger charge is -2.25. The zero-order valence-electron chi connectivity index (χ0n) is 12.7. The van der Waals surface area contributed by atoms with Crippen molar-refractivity contribution in [2.24, 2.45) is 0 Å². The minimum absolute atomic E-state index is 0.285. The zero-order chi connectivity index (χ0) is 16.1. The molecule has 0 aliphatic heterocycles. The molecule has 0 N–H and O–H groups in total. The number of hydrogen-bond donors (Lipinski definition) is 0. The maximum atomic E-state index is 13.1. The summed E-state index contributed by atoms with van der Waals surface area (Å²) in [4.78, 5) is 5.95. The van der Waals surface area contributed by atoms with Gasteiger partial charge in [-0.3, -0.25) is 0 Å². The summed E-state index contributed by atoms with van der Waals surface area (Å²) in [7, 11) is 0. The summed E-state index contributed by atoms with van der Waals surface area (Å²) in [6.07, 6.45) is 0. The van der Waals surface area contributed by atoms with E-state index >= 15 is 0 Å². The van der Waals surface area contributed by atoms with Crippen LogP contribution in [0.5, 0.6) is 5.75 Å². The van der Waals surface area contributed by atoms with E-state index in [2.05, 4.69) is 6.92 Å². The van der Waals surface area contributed by atoms with Crippen LogP contribution in [0, 0.1) is 12.7 Å². The fourth-order valence-corrected chi connectivity index (χ4v) is 2.26. The van der Waals surface area contributed by atoms with Crippen LogP contribution in [0.4, 0.5) is 10.1 Å². The molecule has 0 saturated heterocycles. The van der Waals surface area contributed by atoms with Gasteiger partial charge in [0.2, 0.25) is 0 Å². The Balaban J connectivity index is 1.87. The second kappa shape index (κ2) is 6.97. The van der Waals surface area contributed by atoms with E-state index < -0.39 is 0 Å². The number of halogens is 1. The van der Waals surface area contributed by atoms with Crippen molar-refractivity contribution in [2.45, 2.75) is 6.54 Å². The first-order valence-electron chi connectivity index (χ1n) is 7.38. The molecule has 0 saturated carbocycles. The van der Waals surface area contributed by atoms with Gasteiger partial charge < -0.3 is 4.84 Å². The standard InChI is InChI=1S/C20H17FNO/c1-16-6-5-9-19(14-16)22(15-17-7-3-2-4-8-17)23-20-12-10-18(21)11-13-20/h2-14H,1,15H2. The second-order valence-corrected chi connectivity index (χ2v) is 5.24. The smallest absolute Gasteiger partial charge is 0.155 e. The predicted octanol–water partition coefficient (Wildman–Crippen LogP) is 5.01. The van der Waals surface area contributed by atoms with Crippen molar-refractivity contribution in [1.29, 1.82) is 0 Å². The molecule has 3 aromatic rings. The average Bonchev–Trinajstić information content (AvgIpc) is 2.57. The van der Waals surface area contributed by atoms with Crippen LogP contribution in [0.2, 0.25) is 0 Å². The SMILES string of the molecule is [CH2]c1cccc(N(Cc2ccccc2)Oc2ccc(F)cc2)c1. The molecule has 3 aromatic carbocycles. The fourth-order valence-electron chi connectivity index (χ4n) is 2.26. The topological polar surface area (TPSA) is 12.5 Å². The predicted molar refractivity (Wildman–Crippen MR) is 90.6 cm³/mol. The number of benzene rings is 3.